The van der Waals surface area contributed by atoms with Crippen molar-refractivity contribution in [1.29, 1.82) is 0 Å². The molecule has 0 bridgehead atoms. The molecule has 0 spiro atoms. The molecule has 4 aromatic rings. The fourth-order valence-corrected chi connectivity index (χ4v) is 6.77. The molecule has 2 unspecified atom stereocenters. The van der Waals surface area contributed by atoms with E-state index < -0.39 is 35.9 Å². The number of aliphatic hydroxyl groups excluding tert-OH is 1. The maximum atomic E-state index is 14.1. The van der Waals surface area contributed by atoms with Crippen LogP contribution in [-0.2, 0) is 16.0 Å². The van der Waals surface area contributed by atoms with Gasteiger partial charge in [0.15, 0.2) is 5.78 Å². The molecule has 3 aromatic carbocycles. The van der Waals surface area contributed by atoms with Crippen LogP contribution in [0.15, 0.2) is 138 Å². The van der Waals surface area contributed by atoms with E-state index in [2.05, 4.69) is 27.3 Å². The maximum absolute atomic E-state index is 14.1. The smallest absolute Gasteiger partial charge is 0.228 e. The number of para-hydroxylation sites is 1. The summed E-state index contributed by atoms with van der Waals surface area (Å²) in [5, 5.41) is 18.7. The monoisotopic (exact) mass is 655 g/mol. The summed E-state index contributed by atoms with van der Waals surface area (Å²) in [6.45, 7) is 5.69. The van der Waals surface area contributed by atoms with Crippen LogP contribution in [0.25, 0.3) is 0 Å². The molecule has 1 aromatic heterocycles. The van der Waals surface area contributed by atoms with Crippen LogP contribution >= 0.6 is 0 Å². The number of Topliss-reactive ketones (excluding diaryl/α,β-unsaturated/α-hetero) is 1. The second kappa shape index (κ2) is 17.3. The van der Waals surface area contributed by atoms with Gasteiger partial charge in [-0.25, -0.2) is 4.99 Å². The van der Waals surface area contributed by atoms with Gasteiger partial charge >= 0.3 is 0 Å². The van der Waals surface area contributed by atoms with Crippen LogP contribution in [-0.4, -0.2) is 34.5 Å². The second-order valence-corrected chi connectivity index (χ2v) is 12.4. The fourth-order valence-electron chi connectivity index (χ4n) is 6.77. The zero-order valence-electron chi connectivity index (χ0n) is 27.9. The van der Waals surface area contributed by atoms with Gasteiger partial charge in [0.2, 0.25) is 5.91 Å². The Balaban J connectivity index is 1.49. The Morgan fingerprint density at radius 1 is 0.959 bits per heavy atom. The molecular weight excluding hydrogens is 610 g/mol. The molecule has 0 aliphatic heterocycles. The summed E-state index contributed by atoms with van der Waals surface area (Å²) in [6.07, 6.45) is 8.69. The Labute approximate surface area is 288 Å². The summed E-state index contributed by atoms with van der Waals surface area (Å²) < 4.78 is 0. The first-order valence-electron chi connectivity index (χ1n) is 16.8. The van der Waals surface area contributed by atoms with Crippen LogP contribution in [0.1, 0.15) is 66.6 Å². The first kappa shape index (κ1) is 35.1. The zero-order valence-corrected chi connectivity index (χ0v) is 27.9. The average Bonchev–Trinajstić information content (AvgIpc) is 3.64. The summed E-state index contributed by atoms with van der Waals surface area (Å²) in [4.78, 5) is 36.6. The molecular formula is C41H45N5O3. The van der Waals surface area contributed by atoms with E-state index in [1.165, 1.54) is 0 Å². The van der Waals surface area contributed by atoms with Gasteiger partial charge in [-0.15, -0.1) is 0 Å². The Kier molecular flexibility index (Phi) is 12.4. The molecule has 5 N–H and O–H groups in total. The topological polar surface area (TPSA) is 130 Å². The molecule has 0 radical (unpaired) electrons. The van der Waals surface area contributed by atoms with Crippen molar-refractivity contribution in [3.8, 4) is 0 Å². The highest BCUT2D eigenvalue weighted by Crippen LogP contribution is 2.43. The third-order valence-corrected chi connectivity index (χ3v) is 9.23. The number of hydrogen-bond acceptors (Lipinski definition) is 7. The van der Waals surface area contributed by atoms with Crippen molar-refractivity contribution < 1.29 is 14.7 Å². The number of nitrogens with zero attached hydrogens (tertiary/aromatic N) is 2. The molecule has 6 atom stereocenters. The molecule has 252 valence electrons. The van der Waals surface area contributed by atoms with E-state index >= 15 is 0 Å². The lowest BCUT2D eigenvalue weighted by atomic mass is 9.82. The number of anilines is 1. The van der Waals surface area contributed by atoms with Gasteiger partial charge in [-0.2, -0.15) is 0 Å². The van der Waals surface area contributed by atoms with E-state index in [1.54, 1.807) is 12.3 Å². The van der Waals surface area contributed by atoms with Crippen molar-refractivity contribution in [2.75, 3.05) is 5.32 Å². The quantitative estimate of drug-likeness (QED) is 0.0820. The number of rotatable bonds is 15. The van der Waals surface area contributed by atoms with Crippen molar-refractivity contribution >= 4 is 24.1 Å². The third kappa shape index (κ3) is 8.84. The number of hydrogen-bond donors (Lipinski definition) is 4. The number of nitrogens with one attached hydrogen (secondary N) is 2. The molecule has 1 amide bonds. The first-order valence-corrected chi connectivity index (χ1v) is 16.8. The van der Waals surface area contributed by atoms with Crippen LogP contribution in [0, 0.1) is 11.8 Å². The lowest BCUT2D eigenvalue weighted by Crippen LogP contribution is -2.41. The number of ketones is 1. The van der Waals surface area contributed by atoms with Crippen LogP contribution < -0.4 is 16.4 Å². The molecule has 1 heterocycles. The normalized spacial score (nSPS) is 18.7. The number of carbonyl (C=O) groups excluding carboxylic acids is 2. The number of carbonyl (C=O) groups is 2. The van der Waals surface area contributed by atoms with Crippen LogP contribution in [0.2, 0.25) is 0 Å². The van der Waals surface area contributed by atoms with Gasteiger partial charge in [0.25, 0.3) is 0 Å². The van der Waals surface area contributed by atoms with Crippen molar-refractivity contribution in [2.45, 2.75) is 56.7 Å². The van der Waals surface area contributed by atoms with Gasteiger partial charge in [-0.3, -0.25) is 14.6 Å². The van der Waals surface area contributed by atoms with Gasteiger partial charge in [-0.1, -0.05) is 104 Å². The summed E-state index contributed by atoms with van der Waals surface area (Å²) in [5.41, 5.74) is 10.1. The SMILES string of the molecule is C=N/C(=C\C=C/C)N[C@@H](c1ccccc1NC(=O)C1CCCC1C(=O)[C@@H](N)Cc1ccccc1)[C@@H](c1ccccn1)[C@@H](O)c1ccccc1. The minimum atomic E-state index is -0.979. The molecule has 0 saturated heterocycles. The predicted octanol–water partition coefficient (Wildman–Crippen LogP) is 6.84. The standard InChI is InChI=1S/C41H45N5O3/c1-3-4-25-36(43-2)46-38(37(35-24-13-14-26-44-35)39(47)29-18-9-6-10-19-29)32-20-11-12-23-34(32)45-41(49)31-22-15-21-30(31)40(48)33(42)27-28-16-7-5-8-17-28/h3-14,16-20,23-26,30-31,33,37-39,46-47H,2,15,21-22,27,42H2,1H3,(H,45,49)/b4-3-,36-25+/t30?,31?,33-,37+,38-,39-/m0/s1. The lowest BCUT2D eigenvalue weighted by molar-refractivity contribution is -0.130. The summed E-state index contributed by atoms with van der Waals surface area (Å²) in [7, 11) is 0. The zero-order chi connectivity index (χ0) is 34.6. The van der Waals surface area contributed by atoms with E-state index in [0.29, 0.717) is 36.5 Å². The van der Waals surface area contributed by atoms with Crippen LogP contribution in [0.3, 0.4) is 0 Å². The molecule has 49 heavy (non-hydrogen) atoms. The van der Waals surface area contributed by atoms with Crippen molar-refractivity contribution in [3.63, 3.8) is 0 Å². The van der Waals surface area contributed by atoms with Gasteiger partial charge in [-0.05, 0) is 73.9 Å². The largest absolute Gasteiger partial charge is 0.388 e. The Morgan fingerprint density at radius 3 is 2.33 bits per heavy atom. The predicted molar refractivity (Wildman–Crippen MR) is 196 cm³/mol. The van der Waals surface area contributed by atoms with Gasteiger partial charge < -0.3 is 21.5 Å². The maximum Gasteiger partial charge on any atom is 0.228 e. The number of aliphatic imine (C=N–C) groups is 1. The van der Waals surface area contributed by atoms with E-state index in [-0.39, 0.29) is 11.7 Å². The highest BCUT2D eigenvalue weighted by atomic mass is 16.3. The minimum Gasteiger partial charge on any atom is -0.388 e. The van der Waals surface area contributed by atoms with Crippen LogP contribution in [0.5, 0.6) is 0 Å². The number of aromatic nitrogens is 1. The summed E-state index contributed by atoms with van der Waals surface area (Å²) in [5.74, 6) is -1.39. The highest BCUT2D eigenvalue weighted by Gasteiger charge is 2.40. The number of benzene rings is 3. The van der Waals surface area contributed by atoms with Crippen LogP contribution in [0.4, 0.5) is 5.69 Å². The number of pyridine rings is 1. The number of nitrogens with two attached hydrogens (primary N) is 1. The third-order valence-electron chi connectivity index (χ3n) is 9.23. The fraction of sp³-hybridized carbons (Fsp3) is 0.268. The summed E-state index contributed by atoms with van der Waals surface area (Å²) >= 11 is 0. The number of aliphatic hydroxyl groups is 1. The average molecular weight is 656 g/mol. The number of allylic oxidation sites excluding steroid dienone is 3. The molecule has 1 saturated carbocycles. The molecule has 5 rings (SSSR count). The van der Waals surface area contributed by atoms with Crippen molar-refractivity contribution in [1.82, 2.24) is 10.3 Å². The van der Waals surface area contributed by atoms with Gasteiger partial charge in [0, 0.05) is 29.4 Å². The van der Waals surface area contributed by atoms with E-state index in [4.69, 9.17) is 5.73 Å². The highest BCUT2D eigenvalue weighted by molar-refractivity contribution is 5.98. The molecule has 1 aliphatic rings. The first-order chi connectivity index (χ1) is 23.9. The van der Waals surface area contributed by atoms with Gasteiger partial charge in [0.1, 0.15) is 5.82 Å². The second-order valence-electron chi connectivity index (χ2n) is 12.4. The molecule has 1 fully saturated rings. The lowest BCUT2D eigenvalue weighted by Gasteiger charge is -2.34. The number of amides is 1. The van der Waals surface area contributed by atoms with Crippen molar-refractivity contribution in [2.24, 2.45) is 22.6 Å². The van der Waals surface area contributed by atoms with Crippen molar-refractivity contribution in [3.05, 3.63) is 156 Å². The molecule has 8 nitrogen and oxygen atoms in total. The Hall–Kier alpha value is -5.18. The summed E-state index contributed by atoms with van der Waals surface area (Å²) in [6, 6.07) is 31.0. The van der Waals surface area contributed by atoms with E-state index in [9.17, 15) is 14.7 Å². The minimum absolute atomic E-state index is 0.0775. The Morgan fingerprint density at radius 2 is 1.63 bits per heavy atom. The Bertz CT molecular complexity index is 1740. The molecule has 8 heteroatoms. The van der Waals surface area contributed by atoms with E-state index in [1.807, 2.05) is 122 Å². The van der Waals surface area contributed by atoms with E-state index in [0.717, 1.165) is 23.1 Å². The molecule has 1 aliphatic carbocycles. The van der Waals surface area contributed by atoms with Gasteiger partial charge in [0.05, 0.1) is 24.1 Å².